The summed E-state index contributed by atoms with van der Waals surface area (Å²) in [6.07, 6.45) is -3.17. The molecule has 1 amide bonds. The lowest BCUT2D eigenvalue weighted by atomic mass is 10.2. The first-order valence-corrected chi connectivity index (χ1v) is 5.85. The van der Waals surface area contributed by atoms with Crippen LogP contribution in [0.15, 0.2) is 5.38 Å². The van der Waals surface area contributed by atoms with Crippen LogP contribution >= 0.6 is 11.3 Å². The SMILES string of the molecule is CC(C)(C)OC(=O)NCc1nc(C(F)F)cs1. The number of carbonyl (C=O) groups is 1. The Balaban J connectivity index is 2.42. The van der Waals surface area contributed by atoms with Gasteiger partial charge in [-0.3, -0.25) is 0 Å². The van der Waals surface area contributed by atoms with E-state index in [0.717, 1.165) is 11.3 Å². The number of thiazole rings is 1. The first-order chi connectivity index (χ1) is 7.78. The number of ether oxygens (including phenoxy) is 1. The number of hydrogen-bond donors (Lipinski definition) is 1. The number of nitrogens with one attached hydrogen (secondary N) is 1. The molecule has 0 unspecified atom stereocenters. The standard InChI is InChI=1S/C10H14F2N2O2S/c1-10(2,3)16-9(15)13-4-7-14-6(5-17-7)8(11)12/h5,8H,4H2,1-3H3,(H,13,15). The molecule has 0 aliphatic heterocycles. The van der Waals surface area contributed by atoms with Crippen LogP contribution in [-0.2, 0) is 11.3 Å². The van der Waals surface area contributed by atoms with Crippen LogP contribution in [0.3, 0.4) is 0 Å². The predicted octanol–water partition coefficient (Wildman–Crippen LogP) is 3.11. The van der Waals surface area contributed by atoms with Gasteiger partial charge in [-0.2, -0.15) is 0 Å². The van der Waals surface area contributed by atoms with Gasteiger partial charge >= 0.3 is 6.09 Å². The van der Waals surface area contributed by atoms with Crippen molar-refractivity contribution in [2.24, 2.45) is 0 Å². The van der Waals surface area contributed by atoms with Gasteiger partial charge in [0.25, 0.3) is 6.43 Å². The third kappa shape index (κ3) is 5.08. The van der Waals surface area contributed by atoms with Gasteiger partial charge in [0.05, 0.1) is 6.54 Å². The summed E-state index contributed by atoms with van der Waals surface area (Å²) in [6, 6.07) is 0. The second-order valence-corrected chi connectivity index (χ2v) is 5.26. The van der Waals surface area contributed by atoms with E-state index < -0.39 is 18.1 Å². The third-order valence-corrected chi connectivity index (χ3v) is 2.44. The average molecular weight is 264 g/mol. The fraction of sp³-hybridized carbons (Fsp3) is 0.600. The molecule has 7 heteroatoms. The Labute approximate surface area is 102 Å². The van der Waals surface area contributed by atoms with E-state index in [0.29, 0.717) is 5.01 Å². The Morgan fingerprint density at radius 1 is 1.59 bits per heavy atom. The van der Waals surface area contributed by atoms with E-state index in [1.54, 1.807) is 20.8 Å². The molecule has 0 fully saturated rings. The highest BCUT2D eigenvalue weighted by molar-refractivity contribution is 7.09. The molecule has 17 heavy (non-hydrogen) atoms. The summed E-state index contributed by atoms with van der Waals surface area (Å²) in [7, 11) is 0. The second kappa shape index (κ2) is 5.39. The van der Waals surface area contributed by atoms with Gasteiger partial charge in [0.1, 0.15) is 16.3 Å². The van der Waals surface area contributed by atoms with Crippen LogP contribution in [0, 0.1) is 0 Å². The van der Waals surface area contributed by atoms with Crippen molar-refractivity contribution >= 4 is 17.4 Å². The van der Waals surface area contributed by atoms with Crippen LogP contribution in [0.4, 0.5) is 13.6 Å². The van der Waals surface area contributed by atoms with E-state index in [1.807, 2.05) is 0 Å². The lowest BCUT2D eigenvalue weighted by molar-refractivity contribution is 0.0523. The highest BCUT2D eigenvalue weighted by atomic mass is 32.1. The lowest BCUT2D eigenvalue weighted by Gasteiger charge is -2.19. The molecule has 0 saturated heterocycles. The van der Waals surface area contributed by atoms with Crippen LogP contribution in [0.25, 0.3) is 0 Å². The minimum atomic E-state index is -2.58. The summed E-state index contributed by atoms with van der Waals surface area (Å²) in [5, 5.41) is 4.15. The van der Waals surface area contributed by atoms with Gasteiger partial charge in [-0.25, -0.2) is 18.6 Å². The van der Waals surface area contributed by atoms with Crippen LogP contribution in [0.2, 0.25) is 0 Å². The number of amides is 1. The molecule has 0 saturated carbocycles. The van der Waals surface area contributed by atoms with Crippen molar-refractivity contribution in [3.05, 3.63) is 16.1 Å². The molecule has 1 heterocycles. The lowest BCUT2D eigenvalue weighted by Crippen LogP contribution is -2.32. The number of alkyl carbamates (subject to hydrolysis) is 1. The summed E-state index contributed by atoms with van der Waals surface area (Å²) in [4.78, 5) is 14.9. The number of aromatic nitrogens is 1. The van der Waals surface area contributed by atoms with Crippen molar-refractivity contribution in [2.45, 2.75) is 39.3 Å². The van der Waals surface area contributed by atoms with Gasteiger partial charge in [0.15, 0.2) is 0 Å². The van der Waals surface area contributed by atoms with Gasteiger partial charge in [-0.1, -0.05) is 0 Å². The van der Waals surface area contributed by atoms with E-state index in [1.165, 1.54) is 5.38 Å². The van der Waals surface area contributed by atoms with Crippen molar-refractivity contribution in [1.29, 1.82) is 0 Å². The number of nitrogens with zero attached hydrogens (tertiary/aromatic N) is 1. The zero-order valence-electron chi connectivity index (χ0n) is 9.79. The average Bonchev–Trinajstić information content (AvgIpc) is 2.60. The van der Waals surface area contributed by atoms with Crippen molar-refractivity contribution in [2.75, 3.05) is 0 Å². The van der Waals surface area contributed by atoms with E-state index >= 15 is 0 Å². The van der Waals surface area contributed by atoms with Crippen LogP contribution < -0.4 is 5.32 Å². The first-order valence-electron chi connectivity index (χ1n) is 4.97. The molecule has 0 radical (unpaired) electrons. The molecular weight excluding hydrogens is 250 g/mol. The summed E-state index contributed by atoms with van der Waals surface area (Å²) >= 11 is 1.08. The number of halogens is 2. The maximum atomic E-state index is 12.2. The molecule has 0 bridgehead atoms. The molecule has 0 aliphatic rings. The van der Waals surface area contributed by atoms with Crippen LogP contribution in [0.5, 0.6) is 0 Å². The van der Waals surface area contributed by atoms with Gasteiger partial charge in [0.2, 0.25) is 0 Å². The van der Waals surface area contributed by atoms with Gasteiger partial charge < -0.3 is 10.1 Å². The Morgan fingerprint density at radius 2 is 2.24 bits per heavy atom. The highest BCUT2D eigenvalue weighted by Crippen LogP contribution is 2.20. The molecule has 1 aromatic rings. The number of hydrogen-bond acceptors (Lipinski definition) is 4. The monoisotopic (exact) mass is 264 g/mol. The number of rotatable bonds is 3. The summed E-state index contributed by atoms with van der Waals surface area (Å²) in [6.45, 7) is 5.31. The smallest absolute Gasteiger partial charge is 0.408 e. The molecule has 0 aromatic carbocycles. The van der Waals surface area contributed by atoms with E-state index in [9.17, 15) is 13.6 Å². The fourth-order valence-corrected chi connectivity index (χ4v) is 1.69. The molecule has 0 aliphatic carbocycles. The highest BCUT2D eigenvalue weighted by Gasteiger charge is 2.17. The third-order valence-electron chi connectivity index (χ3n) is 1.58. The van der Waals surface area contributed by atoms with Gasteiger partial charge in [-0.05, 0) is 20.8 Å². The Morgan fingerprint density at radius 3 is 2.71 bits per heavy atom. The number of carbonyl (C=O) groups excluding carboxylic acids is 1. The zero-order chi connectivity index (χ0) is 13.1. The van der Waals surface area contributed by atoms with Crippen molar-refractivity contribution in [3.8, 4) is 0 Å². The molecule has 1 rings (SSSR count). The summed E-state index contributed by atoms with van der Waals surface area (Å²) in [5.41, 5.74) is -0.850. The van der Waals surface area contributed by atoms with Crippen molar-refractivity contribution < 1.29 is 18.3 Å². The van der Waals surface area contributed by atoms with E-state index in [2.05, 4.69) is 10.3 Å². The largest absolute Gasteiger partial charge is 0.444 e. The molecule has 0 spiro atoms. The molecule has 1 aromatic heterocycles. The summed E-state index contributed by atoms with van der Waals surface area (Å²) in [5.74, 6) is 0. The quantitative estimate of drug-likeness (QED) is 0.912. The minimum absolute atomic E-state index is 0.0896. The maximum Gasteiger partial charge on any atom is 0.408 e. The Kier molecular flexibility index (Phi) is 4.39. The fourth-order valence-electron chi connectivity index (χ4n) is 0.968. The predicted molar refractivity (Wildman–Crippen MR) is 60.1 cm³/mol. The van der Waals surface area contributed by atoms with Gasteiger partial charge in [-0.15, -0.1) is 11.3 Å². The normalized spacial score (nSPS) is 11.6. The maximum absolute atomic E-state index is 12.2. The molecule has 4 nitrogen and oxygen atoms in total. The van der Waals surface area contributed by atoms with E-state index in [4.69, 9.17) is 4.74 Å². The Hall–Kier alpha value is -1.24. The zero-order valence-corrected chi connectivity index (χ0v) is 10.6. The van der Waals surface area contributed by atoms with E-state index in [-0.39, 0.29) is 12.2 Å². The Bertz CT molecular complexity index is 388. The van der Waals surface area contributed by atoms with Crippen LogP contribution in [-0.4, -0.2) is 16.7 Å². The van der Waals surface area contributed by atoms with Crippen LogP contribution in [0.1, 0.15) is 37.9 Å². The minimum Gasteiger partial charge on any atom is -0.444 e. The molecule has 0 atom stereocenters. The van der Waals surface area contributed by atoms with Crippen molar-refractivity contribution in [3.63, 3.8) is 0 Å². The number of alkyl halides is 2. The first kappa shape index (κ1) is 13.8. The molecular formula is C10H14F2N2O2S. The van der Waals surface area contributed by atoms with Gasteiger partial charge in [0, 0.05) is 5.38 Å². The molecule has 1 N–H and O–H groups in total. The summed E-state index contributed by atoms with van der Waals surface area (Å²) < 4.78 is 29.5. The second-order valence-electron chi connectivity index (χ2n) is 4.32. The van der Waals surface area contributed by atoms with Crippen molar-refractivity contribution in [1.82, 2.24) is 10.3 Å². The molecule has 96 valence electrons. The topological polar surface area (TPSA) is 51.2 Å².